The fourth-order valence-electron chi connectivity index (χ4n) is 3.57. The summed E-state index contributed by atoms with van der Waals surface area (Å²) in [6, 6.07) is 23.0. The van der Waals surface area contributed by atoms with Gasteiger partial charge in [-0.15, -0.1) is 0 Å². The zero-order valence-corrected chi connectivity index (χ0v) is 18.2. The van der Waals surface area contributed by atoms with E-state index in [1.807, 2.05) is 31.2 Å². The van der Waals surface area contributed by atoms with Crippen molar-refractivity contribution >= 4 is 21.6 Å². The van der Waals surface area contributed by atoms with Gasteiger partial charge in [-0.2, -0.15) is 0 Å². The number of carbonyl (C=O) groups is 1. The summed E-state index contributed by atoms with van der Waals surface area (Å²) < 4.78 is 33.9. The molecule has 3 aromatic carbocycles. The van der Waals surface area contributed by atoms with E-state index in [1.165, 1.54) is 4.31 Å². The number of ether oxygens (including phenoxy) is 1. The SMILES string of the molecule is Cc1ccc(CN(C)C(=O)C2CN(S(=O)(=O)c3ccccc3)c3ccccc3O2)cc1. The van der Waals surface area contributed by atoms with Crippen LogP contribution in [0.4, 0.5) is 5.69 Å². The minimum atomic E-state index is -3.85. The van der Waals surface area contributed by atoms with Gasteiger partial charge in [0.1, 0.15) is 5.75 Å². The summed E-state index contributed by atoms with van der Waals surface area (Å²) in [5.74, 6) is 0.0960. The number of likely N-dealkylation sites (N-methyl/N-ethyl adjacent to an activating group) is 1. The van der Waals surface area contributed by atoms with Crippen LogP contribution in [0.15, 0.2) is 83.8 Å². The molecular formula is C24H24N2O4S. The second-order valence-electron chi connectivity index (χ2n) is 7.60. The number of carbonyl (C=O) groups excluding carboxylic acids is 1. The Morgan fingerprint density at radius 3 is 2.35 bits per heavy atom. The van der Waals surface area contributed by atoms with Crippen molar-refractivity contribution in [3.63, 3.8) is 0 Å². The van der Waals surface area contributed by atoms with Gasteiger partial charge in [-0.3, -0.25) is 9.10 Å². The van der Waals surface area contributed by atoms with Crippen molar-refractivity contribution in [1.82, 2.24) is 4.90 Å². The minimum absolute atomic E-state index is 0.0920. The van der Waals surface area contributed by atoms with Crippen LogP contribution in [0.5, 0.6) is 5.75 Å². The molecule has 0 fully saturated rings. The molecule has 31 heavy (non-hydrogen) atoms. The van der Waals surface area contributed by atoms with Crippen LogP contribution in [-0.2, 0) is 21.4 Å². The average Bonchev–Trinajstić information content (AvgIpc) is 2.79. The Labute approximate surface area is 182 Å². The maximum atomic E-state index is 13.4. The van der Waals surface area contributed by atoms with Crippen LogP contribution in [0.25, 0.3) is 0 Å². The van der Waals surface area contributed by atoms with Crippen LogP contribution < -0.4 is 9.04 Å². The number of amides is 1. The molecule has 1 atom stereocenters. The smallest absolute Gasteiger partial charge is 0.265 e. The molecule has 1 aliphatic heterocycles. The van der Waals surface area contributed by atoms with Crippen LogP contribution >= 0.6 is 0 Å². The van der Waals surface area contributed by atoms with Crippen molar-refractivity contribution in [2.75, 3.05) is 17.9 Å². The molecule has 1 heterocycles. The van der Waals surface area contributed by atoms with Crippen molar-refractivity contribution in [1.29, 1.82) is 0 Å². The van der Waals surface area contributed by atoms with E-state index in [-0.39, 0.29) is 17.3 Å². The Balaban J connectivity index is 1.62. The summed E-state index contributed by atoms with van der Waals surface area (Å²) >= 11 is 0. The number of hydrogen-bond acceptors (Lipinski definition) is 4. The van der Waals surface area contributed by atoms with Crippen LogP contribution in [0.3, 0.4) is 0 Å². The Hall–Kier alpha value is -3.32. The second kappa shape index (κ2) is 8.43. The zero-order valence-electron chi connectivity index (χ0n) is 17.4. The third-order valence-corrected chi connectivity index (χ3v) is 7.05. The van der Waals surface area contributed by atoms with Crippen molar-refractivity contribution in [3.8, 4) is 5.75 Å². The molecule has 0 bridgehead atoms. The molecule has 0 saturated heterocycles. The topological polar surface area (TPSA) is 66.9 Å². The van der Waals surface area contributed by atoms with E-state index < -0.39 is 16.1 Å². The standard InChI is InChI=1S/C24H24N2O4S/c1-18-12-14-19(15-13-18)16-25(2)24(27)23-17-26(21-10-6-7-11-22(21)30-23)31(28,29)20-8-4-3-5-9-20/h3-15,23H,16-17H2,1-2H3. The number of benzene rings is 3. The number of sulfonamides is 1. The van der Waals surface area contributed by atoms with Gasteiger partial charge in [0.05, 0.1) is 17.1 Å². The summed E-state index contributed by atoms with van der Waals surface area (Å²) in [5, 5.41) is 0. The summed E-state index contributed by atoms with van der Waals surface area (Å²) in [6.45, 7) is 2.32. The van der Waals surface area contributed by atoms with Crippen LogP contribution in [0, 0.1) is 6.92 Å². The van der Waals surface area contributed by atoms with Gasteiger partial charge in [0.25, 0.3) is 15.9 Å². The third-order valence-electron chi connectivity index (χ3n) is 5.26. The quantitative estimate of drug-likeness (QED) is 0.613. The molecule has 0 aromatic heterocycles. The van der Waals surface area contributed by atoms with Gasteiger partial charge < -0.3 is 9.64 Å². The summed E-state index contributed by atoms with van der Waals surface area (Å²) in [7, 11) is -2.15. The minimum Gasteiger partial charge on any atom is -0.476 e. The molecule has 0 radical (unpaired) electrons. The van der Waals surface area contributed by atoms with E-state index in [0.717, 1.165) is 11.1 Å². The lowest BCUT2D eigenvalue weighted by Gasteiger charge is -2.36. The van der Waals surface area contributed by atoms with Crippen molar-refractivity contribution in [3.05, 3.63) is 90.0 Å². The lowest BCUT2D eigenvalue weighted by molar-refractivity contribution is -0.137. The third kappa shape index (κ3) is 4.27. The summed E-state index contributed by atoms with van der Waals surface area (Å²) in [4.78, 5) is 14.9. The van der Waals surface area contributed by atoms with Gasteiger partial charge in [-0.1, -0.05) is 60.2 Å². The van der Waals surface area contributed by atoms with E-state index in [2.05, 4.69) is 0 Å². The Bertz CT molecular complexity index is 1180. The van der Waals surface area contributed by atoms with Crippen molar-refractivity contribution in [2.24, 2.45) is 0 Å². The zero-order chi connectivity index (χ0) is 22.0. The molecule has 160 valence electrons. The van der Waals surface area contributed by atoms with E-state index in [9.17, 15) is 13.2 Å². The number of para-hydroxylation sites is 2. The largest absolute Gasteiger partial charge is 0.476 e. The van der Waals surface area contributed by atoms with Gasteiger partial charge >= 0.3 is 0 Å². The first-order chi connectivity index (χ1) is 14.9. The summed E-state index contributed by atoms with van der Waals surface area (Å²) in [5.41, 5.74) is 2.56. The molecule has 0 N–H and O–H groups in total. The van der Waals surface area contributed by atoms with Gasteiger partial charge in [0, 0.05) is 13.6 Å². The van der Waals surface area contributed by atoms with E-state index in [1.54, 1.807) is 66.5 Å². The fourth-order valence-corrected chi connectivity index (χ4v) is 5.07. The monoisotopic (exact) mass is 436 g/mol. The van der Waals surface area contributed by atoms with Crippen LogP contribution in [-0.4, -0.2) is 38.9 Å². The molecule has 7 heteroatoms. The predicted molar refractivity (Wildman–Crippen MR) is 119 cm³/mol. The number of hydrogen-bond donors (Lipinski definition) is 0. The lowest BCUT2D eigenvalue weighted by Crippen LogP contribution is -2.50. The molecule has 0 saturated carbocycles. The first-order valence-electron chi connectivity index (χ1n) is 10.0. The molecule has 6 nitrogen and oxygen atoms in total. The molecule has 1 amide bonds. The van der Waals surface area contributed by atoms with E-state index in [0.29, 0.717) is 18.0 Å². The average molecular weight is 437 g/mol. The van der Waals surface area contributed by atoms with Crippen molar-refractivity contribution < 1.29 is 17.9 Å². The van der Waals surface area contributed by atoms with Gasteiger partial charge in [0.2, 0.25) is 0 Å². The maximum Gasteiger partial charge on any atom is 0.265 e. The predicted octanol–water partition coefficient (Wildman–Crippen LogP) is 3.61. The van der Waals surface area contributed by atoms with Crippen LogP contribution in [0.2, 0.25) is 0 Å². The van der Waals surface area contributed by atoms with Gasteiger partial charge in [-0.05, 0) is 36.8 Å². The molecule has 1 unspecified atom stereocenters. The van der Waals surface area contributed by atoms with Crippen LogP contribution in [0.1, 0.15) is 11.1 Å². The Kier molecular flexibility index (Phi) is 5.69. The van der Waals surface area contributed by atoms with Crippen molar-refractivity contribution in [2.45, 2.75) is 24.5 Å². The highest BCUT2D eigenvalue weighted by molar-refractivity contribution is 7.92. The van der Waals surface area contributed by atoms with Gasteiger partial charge in [-0.25, -0.2) is 8.42 Å². The van der Waals surface area contributed by atoms with Gasteiger partial charge in [0.15, 0.2) is 6.10 Å². The second-order valence-corrected chi connectivity index (χ2v) is 9.47. The molecule has 1 aliphatic rings. The maximum absolute atomic E-state index is 13.4. The molecule has 0 aliphatic carbocycles. The number of fused-ring (bicyclic) bond motifs is 1. The number of anilines is 1. The first-order valence-corrected chi connectivity index (χ1v) is 11.4. The number of nitrogens with zero attached hydrogens (tertiary/aromatic N) is 2. The first kappa shape index (κ1) is 20.9. The highest BCUT2D eigenvalue weighted by Crippen LogP contribution is 2.37. The summed E-state index contributed by atoms with van der Waals surface area (Å²) in [6.07, 6.45) is -0.941. The van der Waals surface area contributed by atoms with E-state index in [4.69, 9.17) is 4.74 Å². The highest BCUT2D eigenvalue weighted by atomic mass is 32.2. The number of rotatable bonds is 5. The fraction of sp³-hybridized carbons (Fsp3) is 0.208. The normalized spacial score (nSPS) is 15.7. The van der Waals surface area contributed by atoms with E-state index >= 15 is 0 Å². The lowest BCUT2D eigenvalue weighted by atomic mass is 10.1. The molecule has 3 aromatic rings. The highest BCUT2D eigenvalue weighted by Gasteiger charge is 2.38. The Morgan fingerprint density at radius 1 is 1.00 bits per heavy atom. The number of aryl methyl sites for hydroxylation is 1. The Morgan fingerprint density at radius 2 is 1.65 bits per heavy atom. The molecule has 4 rings (SSSR count). The molecule has 0 spiro atoms. The molecular weight excluding hydrogens is 412 g/mol.